The first-order valence-electron chi connectivity index (χ1n) is 5.16. The van der Waals surface area contributed by atoms with E-state index < -0.39 is 17.3 Å². The Hall–Kier alpha value is -1.51. The molecule has 90 valence electrons. The van der Waals surface area contributed by atoms with Gasteiger partial charge in [-0.3, -0.25) is 4.79 Å². The molecular weight excluding hydrogens is 236 g/mol. The number of thiocyanates is 1. The van der Waals surface area contributed by atoms with Gasteiger partial charge in [0.15, 0.2) is 0 Å². The number of nitriles is 1. The Morgan fingerprint density at radius 3 is 2.71 bits per heavy atom. The molecule has 0 aliphatic carbocycles. The standard InChI is InChI=1S/C12H14N2O2S/c1-9(14)11(17-8-13)12(15)16-7-10-5-3-2-4-6-10/h2-6,9,11H,7,14H2,1H3. The Balaban J connectivity index is 2.51. The monoisotopic (exact) mass is 250 g/mol. The quantitative estimate of drug-likeness (QED) is 0.635. The van der Waals surface area contributed by atoms with E-state index in [0.29, 0.717) is 0 Å². The molecule has 1 rings (SSSR count). The van der Waals surface area contributed by atoms with Crippen LogP contribution in [0.25, 0.3) is 0 Å². The topological polar surface area (TPSA) is 76.1 Å². The zero-order valence-electron chi connectivity index (χ0n) is 9.50. The van der Waals surface area contributed by atoms with E-state index in [9.17, 15) is 4.79 Å². The second-order valence-electron chi connectivity index (χ2n) is 3.58. The number of nitrogens with zero attached hydrogens (tertiary/aromatic N) is 1. The van der Waals surface area contributed by atoms with Crippen molar-refractivity contribution in [3.05, 3.63) is 35.9 Å². The summed E-state index contributed by atoms with van der Waals surface area (Å²) in [4.78, 5) is 11.7. The third-order valence-corrected chi connectivity index (χ3v) is 3.09. The number of rotatable bonds is 5. The summed E-state index contributed by atoms with van der Waals surface area (Å²) >= 11 is 0.834. The first-order valence-corrected chi connectivity index (χ1v) is 6.04. The van der Waals surface area contributed by atoms with Crippen molar-refractivity contribution in [3.63, 3.8) is 0 Å². The summed E-state index contributed by atoms with van der Waals surface area (Å²) in [6, 6.07) is 8.95. The van der Waals surface area contributed by atoms with Crippen molar-refractivity contribution < 1.29 is 9.53 Å². The minimum Gasteiger partial charge on any atom is -0.460 e. The fourth-order valence-electron chi connectivity index (χ4n) is 1.24. The van der Waals surface area contributed by atoms with Gasteiger partial charge in [0.1, 0.15) is 17.3 Å². The van der Waals surface area contributed by atoms with Gasteiger partial charge in [0.25, 0.3) is 0 Å². The summed E-state index contributed by atoms with van der Waals surface area (Å²) in [5.74, 6) is -0.449. The van der Waals surface area contributed by atoms with E-state index in [-0.39, 0.29) is 6.61 Å². The molecular formula is C12H14N2O2S. The van der Waals surface area contributed by atoms with Gasteiger partial charge in [0, 0.05) is 6.04 Å². The van der Waals surface area contributed by atoms with Crippen LogP contribution in [-0.2, 0) is 16.1 Å². The molecule has 2 N–H and O–H groups in total. The van der Waals surface area contributed by atoms with E-state index in [2.05, 4.69) is 0 Å². The SMILES string of the molecule is CC(N)C(SC#N)C(=O)OCc1ccccc1. The lowest BCUT2D eigenvalue weighted by atomic mass is 10.2. The van der Waals surface area contributed by atoms with Crippen LogP contribution in [-0.4, -0.2) is 17.3 Å². The van der Waals surface area contributed by atoms with Gasteiger partial charge in [-0.15, -0.1) is 0 Å². The van der Waals surface area contributed by atoms with Crippen molar-refractivity contribution in [3.8, 4) is 5.40 Å². The molecule has 0 aliphatic heterocycles. The lowest BCUT2D eigenvalue weighted by Gasteiger charge is -2.15. The first kappa shape index (κ1) is 13.6. The molecule has 2 atom stereocenters. The highest BCUT2D eigenvalue weighted by atomic mass is 32.2. The molecule has 0 saturated heterocycles. The molecule has 0 aliphatic rings. The zero-order valence-corrected chi connectivity index (χ0v) is 10.3. The molecule has 1 aromatic rings. The van der Waals surface area contributed by atoms with Gasteiger partial charge in [-0.05, 0) is 24.2 Å². The molecule has 1 aromatic carbocycles. The number of carbonyl (C=O) groups is 1. The number of nitrogens with two attached hydrogens (primary N) is 1. The third kappa shape index (κ3) is 4.47. The van der Waals surface area contributed by atoms with Crippen LogP contribution in [0, 0.1) is 10.7 Å². The van der Waals surface area contributed by atoms with Crippen molar-refractivity contribution >= 4 is 17.7 Å². The third-order valence-electron chi connectivity index (χ3n) is 2.11. The first-order chi connectivity index (χ1) is 8.15. The van der Waals surface area contributed by atoms with E-state index in [1.165, 1.54) is 0 Å². The minimum absolute atomic E-state index is 0.203. The van der Waals surface area contributed by atoms with Crippen LogP contribution in [0.5, 0.6) is 0 Å². The maximum atomic E-state index is 11.7. The Morgan fingerprint density at radius 2 is 2.18 bits per heavy atom. The van der Waals surface area contributed by atoms with Gasteiger partial charge in [-0.1, -0.05) is 30.3 Å². The molecule has 17 heavy (non-hydrogen) atoms. The highest BCUT2D eigenvalue weighted by Crippen LogP contribution is 2.15. The van der Waals surface area contributed by atoms with Crippen LogP contribution >= 0.6 is 11.8 Å². The highest BCUT2D eigenvalue weighted by Gasteiger charge is 2.25. The number of thioether (sulfide) groups is 1. The van der Waals surface area contributed by atoms with Crippen LogP contribution in [0.15, 0.2) is 30.3 Å². The van der Waals surface area contributed by atoms with Crippen LogP contribution in [0.3, 0.4) is 0 Å². The second kappa shape index (κ2) is 6.94. The Kier molecular flexibility index (Phi) is 5.53. The molecule has 2 unspecified atom stereocenters. The Labute approximate surface area is 105 Å². The molecule has 0 fully saturated rings. The number of carbonyl (C=O) groups excluding carboxylic acids is 1. The Bertz CT molecular complexity index is 401. The number of benzene rings is 1. The number of ether oxygens (including phenoxy) is 1. The van der Waals surface area contributed by atoms with Crippen molar-refractivity contribution in [1.82, 2.24) is 0 Å². The number of hydrogen-bond acceptors (Lipinski definition) is 5. The maximum Gasteiger partial charge on any atom is 0.322 e. The molecule has 0 saturated carbocycles. The van der Waals surface area contributed by atoms with E-state index in [1.807, 2.05) is 35.7 Å². The van der Waals surface area contributed by atoms with Gasteiger partial charge in [0.2, 0.25) is 0 Å². The van der Waals surface area contributed by atoms with Crippen LogP contribution in [0.2, 0.25) is 0 Å². The molecule has 4 nitrogen and oxygen atoms in total. The minimum atomic E-state index is -0.635. The molecule has 5 heteroatoms. The van der Waals surface area contributed by atoms with Crippen LogP contribution < -0.4 is 5.73 Å². The van der Waals surface area contributed by atoms with E-state index >= 15 is 0 Å². The summed E-state index contributed by atoms with van der Waals surface area (Å²) < 4.78 is 5.11. The van der Waals surface area contributed by atoms with Gasteiger partial charge in [-0.25, -0.2) is 0 Å². The number of esters is 1. The second-order valence-corrected chi connectivity index (χ2v) is 4.51. The van der Waals surface area contributed by atoms with E-state index in [0.717, 1.165) is 17.3 Å². The van der Waals surface area contributed by atoms with Crippen LogP contribution in [0.1, 0.15) is 12.5 Å². The van der Waals surface area contributed by atoms with Crippen molar-refractivity contribution in [2.24, 2.45) is 5.73 Å². The van der Waals surface area contributed by atoms with Gasteiger partial charge in [-0.2, -0.15) is 5.26 Å². The fourth-order valence-corrected chi connectivity index (χ4v) is 1.73. The Morgan fingerprint density at radius 1 is 1.53 bits per heavy atom. The molecule has 0 amide bonds. The summed E-state index contributed by atoms with van der Waals surface area (Å²) in [5.41, 5.74) is 6.53. The van der Waals surface area contributed by atoms with E-state index in [4.69, 9.17) is 15.7 Å². The van der Waals surface area contributed by atoms with E-state index in [1.54, 1.807) is 6.92 Å². The normalized spacial score (nSPS) is 13.5. The lowest BCUT2D eigenvalue weighted by molar-refractivity contribution is -0.144. The highest BCUT2D eigenvalue weighted by molar-refractivity contribution is 8.05. The predicted octanol–water partition coefficient (Wildman–Crippen LogP) is 1.66. The van der Waals surface area contributed by atoms with Crippen molar-refractivity contribution in [2.45, 2.75) is 24.8 Å². The largest absolute Gasteiger partial charge is 0.460 e. The van der Waals surface area contributed by atoms with Gasteiger partial charge < -0.3 is 10.5 Å². The lowest BCUT2D eigenvalue weighted by Crippen LogP contribution is -2.36. The average Bonchev–Trinajstić information content (AvgIpc) is 2.34. The summed E-state index contributed by atoms with van der Waals surface area (Å²) in [7, 11) is 0. The molecule has 0 spiro atoms. The zero-order chi connectivity index (χ0) is 12.7. The molecule has 0 bridgehead atoms. The molecule has 0 radical (unpaired) electrons. The maximum absolute atomic E-state index is 11.7. The summed E-state index contributed by atoms with van der Waals surface area (Å²) in [6.07, 6.45) is 0. The smallest absolute Gasteiger partial charge is 0.322 e. The molecule has 0 heterocycles. The summed E-state index contributed by atoms with van der Waals surface area (Å²) in [5, 5.41) is 9.80. The van der Waals surface area contributed by atoms with Crippen LogP contribution in [0.4, 0.5) is 0 Å². The summed E-state index contributed by atoms with van der Waals surface area (Å²) in [6.45, 7) is 1.88. The van der Waals surface area contributed by atoms with Gasteiger partial charge in [0.05, 0.1) is 0 Å². The van der Waals surface area contributed by atoms with Crippen molar-refractivity contribution in [1.29, 1.82) is 5.26 Å². The molecule has 0 aromatic heterocycles. The van der Waals surface area contributed by atoms with Gasteiger partial charge >= 0.3 is 5.97 Å². The predicted molar refractivity (Wildman–Crippen MR) is 66.9 cm³/mol. The number of hydrogen-bond donors (Lipinski definition) is 1. The fraction of sp³-hybridized carbons (Fsp3) is 0.333. The van der Waals surface area contributed by atoms with Crippen molar-refractivity contribution in [2.75, 3.05) is 0 Å². The average molecular weight is 250 g/mol.